The van der Waals surface area contributed by atoms with Gasteiger partial charge in [-0.3, -0.25) is 4.99 Å². The van der Waals surface area contributed by atoms with E-state index in [2.05, 4.69) is 15.6 Å². The van der Waals surface area contributed by atoms with Crippen LogP contribution >= 0.6 is 0 Å². The standard InChI is InChI=1S/C9H17F2N3/c1-12-8(13-2)14-6-7-4-3-5-9(7,10)11/h7H,3-6H2,1-2H3,(H2,12,13,14). The molecule has 2 N–H and O–H groups in total. The maximum atomic E-state index is 13.2. The highest BCUT2D eigenvalue weighted by atomic mass is 19.3. The van der Waals surface area contributed by atoms with Crippen molar-refractivity contribution in [3.8, 4) is 0 Å². The van der Waals surface area contributed by atoms with Gasteiger partial charge in [0.1, 0.15) is 0 Å². The Morgan fingerprint density at radius 1 is 1.57 bits per heavy atom. The summed E-state index contributed by atoms with van der Waals surface area (Å²) in [5, 5.41) is 5.67. The van der Waals surface area contributed by atoms with E-state index in [1.807, 2.05) is 0 Å². The number of aliphatic imine (C=N–C) groups is 1. The van der Waals surface area contributed by atoms with Crippen molar-refractivity contribution >= 4 is 5.96 Å². The van der Waals surface area contributed by atoms with Gasteiger partial charge < -0.3 is 10.6 Å². The Morgan fingerprint density at radius 2 is 2.29 bits per heavy atom. The van der Waals surface area contributed by atoms with Crippen LogP contribution in [-0.2, 0) is 0 Å². The molecule has 1 aliphatic rings. The van der Waals surface area contributed by atoms with Crippen LogP contribution in [0.2, 0.25) is 0 Å². The molecule has 1 atom stereocenters. The average Bonchev–Trinajstić information content (AvgIpc) is 2.47. The van der Waals surface area contributed by atoms with Crippen molar-refractivity contribution in [3.63, 3.8) is 0 Å². The first-order valence-corrected chi connectivity index (χ1v) is 4.86. The minimum Gasteiger partial charge on any atom is -0.359 e. The first-order chi connectivity index (χ1) is 6.60. The van der Waals surface area contributed by atoms with E-state index in [0.29, 0.717) is 25.3 Å². The van der Waals surface area contributed by atoms with E-state index in [0.717, 1.165) is 0 Å². The molecule has 1 rings (SSSR count). The highest BCUT2D eigenvalue weighted by Gasteiger charge is 2.43. The van der Waals surface area contributed by atoms with Gasteiger partial charge in [-0.25, -0.2) is 8.78 Å². The second-order valence-corrected chi connectivity index (χ2v) is 3.55. The Morgan fingerprint density at radius 3 is 2.71 bits per heavy atom. The molecule has 0 radical (unpaired) electrons. The van der Waals surface area contributed by atoms with Crippen LogP contribution in [-0.4, -0.2) is 32.5 Å². The molecular formula is C9H17F2N3. The smallest absolute Gasteiger partial charge is 0.252 e. The third kappa shape index (κ3) is 2.56. The SMILES string of the molecule is CN=C(NC)NCC1CCCC1(F)F. The van der Waals surface area contributed by atoms with Crippen molar-refractivity contribution in [1.82, 2.24) is 10.6 Å². The third-order valence-corrected chi connectivity index (χ3v) is 2.64. The van der Waals surface area contributed by atoms with Crippen molar-refractivity contribution < 1.29 is 8.78 Å². The molecule has 0 aromatic rings. The van der Waals surface area contributed by atoms with Crippen LogP contribution in [0.15, 0.2) is 4.99 Å². The minimum atomic E-state index is -2.50. The number of nitrogens with zero attached hydrogens (tertiary/aromatic N) is 1. The Hall–Kier alpha value is -0.870. The lowest BCUT2D eigenvalue weighted by atomic mass is 10.1. The van der Waals surface area contributed by atoms with Crippen molar-refractivity contribution in [3.05, 3.63) is 0 Å². The molecule has 0 bridgehead atoms. The van der Waals surface area contributed by atoms with Crippen molar-refractivity contribution in [1.29, 1.82) is 0 Å². The molecule has 0 aliphatic heterocycles. The average molecular weight is 205 g/mol. The fraction of sp³-hybridized carbons (Fsp3) is 0.889. The first-order valence-electron chi connectivity index (χ1n) is 4.86. The molecule has 1 saturated carbocycles. The van der Waals surface area contributed by atoms with Crippen LogP contribution in [0.25, 0.3) is 0 Å². The zero-order chi connectivity index (χ0) is 10.6. The fourth-order valence-electron chi connectivity index (χ4n) is 1.75. The van der Waals surface area contributed by atoms with Gasteiger partial charge in [-0.05, 0) is 12.8 Å². The number of nitrogens with one attached hydrogen (secondary N) is 2. The van der Waals surface area contributed by atoms with E-state index in [1.165, 1.54) is 0 Å². The van der Waals surface area contributed by atoms with Gasteiger partial charge >= 0.3 is 0 Å². The largest absolute Gasteiger partial charge is 0.359 e. The van der Waals surface area contributed by atoms with Crippen LogP contribution in [0.3, 0.4) is 0 Å². The molecule has 0 aromatic carbocycles. The molecule has 1 aliphatic carbocycles. The van der Waals surface area contributed by atoms with E-state index in [1.54, 1.807) is 14.1 Å². The quantitative estimate of drug-likeness (QED) is 0.525. The lowest BCUT2D eigenvalue weighted by Gasteiger charge is -2.20. The zero-order valence-corrected chi connectivity index (χ0v) is 8.61. The van der Waals surface area contributed by atoms with Crippen LogP contribution in [0.1, 0.15) is 19.3 Å². The Bertz CT molecular complexity index is 216. The summed E-state index contributed by atoms with van der Waals surface area (Å²) in [6, 6.07) is 0. The van der Waals surface area contributed by atoms with Gasteiger partial charge in [-0.15, -0.1) is 0 Å². The predicted octanol–water partition coefficient (Wildman–Crippen LogP) is 1.22. The monoisotopic (exact) mass is 205 g/mol. The van der Waals surface area contributed by atoms with Crippen LogP contribution in [0.5, 0.6) is 0 Å². The fourth-order valence-corrected chi connectivity index (χ4v) is 1.75. The molecule has 1 unspecified atom stereocenters. The lowest BCUT2D eigenvalue weighted by Crippen LogP contribution is -2.40. The Labute approximate surface area is 83.0 Å². The van der Waals surface area contributed by atoms with Gasteiger partial charge in [0.25, 0.3) is 5.92 Å². The van der Waals surface area contributed by atoms with Gasteiger partial charge in [0.2, 0.25) is 0 Å². The number of rotatable bonds is 2. The molecule has 5 heteroatoms. The molecule has 0 heterocycles. The molecular weight excluding hydrogens is 188 g/mol. The van der Waals surface area contributed by atoms with Crippen LogP contribution in [0, 0.1) is 5.92 Å². The van der Waals surface area contributed by atoms with E-state index in [9.17, 15) is 8.78 Å². The number of guanidine groups is 1. The molecule has 0 spiro atoms. The number of hydrogen-bond acceptors (Lipinski definition) is 1. The summed E-state index contributed by atoms with van der Waals surface area (Å²) >= 11 is 0. The van der Waals surface area contributed by atoms with Gasteiger partial charge in [-0.1, -0.05) is 0 Å². The van der Waals surface area contributed by atoms with Gasteiger partial charge in [-0.2, -0.15) is 0 Å². The number of halogens is 2. The summed E-state index contributed by atoms with van der Waals surface area (Å²) in [5.74, 6) is -2.49. The number of alkyl halides is 2. The second kappa shape index (κ2) is 4.57. The maximum absolute atomic E-state index is 13.2. The first kappa shape index (κ1) is 11.2. The molecule has 3 nitrogen and oxygen atoms in total. The molecule has 82 valence electrons. The summed E-state index contributed by atoms with van der Waals surface area (Å²) in [6.45, 7) is 0.292. The molecule has 0 amide bonds. The molecule has 1 fully saturated rings. The Balaban J connectivity index is 2.38. The minimum absolute atomic E-state index is 0.0253. The normalized spacial score (nSPS) is 26.3. The van der Waals surface area contributed by atoms with E-state index in [-0.39, 0.29) is 6.42 Å². The van der Waals surface area contributed by atoms with Crippen LogP contribution in [0.4, 0.5) is 8.78 Å². The van der Waals surface area contributed by atoms with Gasteiger partial charge in [0, 0.05) is 33.0 Å². The second-order valence-electron chi connectivity index (χ2n) is 3.55. The lowest BCUT2D eigenvalue weighted by molar-refractivity contribution is -0.0345. The molecule has 0 aromatic heterocycles. The zero-order valence-electron chi connectivity index (χ0n) is 8.61. The van der Waals surface area contributed by atoms with E-state index in [4.69, 9.17) is 0 Å². The van der Waals surface area contributed by atoms with Crippen molar-refractivity contribution in [2.24, 2.45) is 10.9 Å². The summed E-state index contributed by atoms with van der Waals surface area (Å²) in [4.78, 5) is 3.86. The van der Waals surface area contributed by atoms with Gasteiger partial charge in [0.05, 0.1) is 0 Å². The van der Waals surface area contributed by atoms with E-state index < -0.39 is 11.8 Å². The summed E-state index contributed by atoms with van der Waals surface area (Å²) in [6.07, 6.45) is 1.25. The summed E-state index contributed by atoms with van der Waals surface area (Å²) in [7, 11) is 3.33. The third-order valence-electron chi connectivity index (χ3n) is 2.64. The molecule has 14 heavy (non-hydrogen) atoms. The van der Waals surface area contributed by atoms with Crippen molar-refractivity contribution in [2.75, 3.05) is 20.6 Å². The number of hydrogen-bond donors (Lipinski definition) is 2. The van der Waals surface area contributed by atoms with Crippen LogP contribution < -0.4 is 10.6 Å². The van der Waals surface area contributed by atoms with Crippen molar-refractivity contribution in [2.45, 2.75) is 25.2 Å². The highest BCUT2D eigenvalue weighted by Crippen LogP contribution is 2.39. The summed E-state index contributed by atoms with van der Waals surface area (Å²) in [5.41, 5.74) is 0. The van der Waals surface area contributed by atoms with E-state index >= 15 is 0 Å². The Kier molecular flexibility index (Phi) is 3.66. The van der Waals surface area contributed by atoms with Gasteiger partial charge in [0.15, 0.2) is 5.96 Å². The molecule has 0 saturated heterocycles. The maximum Gasteiger partial charge on any atom is 0.252 e. The topological polar surface area (TPSA) is 36.4 Å². The highest BCUT2D eigenvalue weighted by molar-refractivity contribution is 5.79. The summed E-state index contributed by atoms with van der Waals surface area (Å²) < 4.78 is 26.3. The predicted molar refractivity (Wildman–Crippen MR) is 52.7 cm³/mol.